The first-order valence-electron chi connectivity index (χ1n) is 2.89. The molecule has 62 valence electrons. The number of ether oxygens (including phenoxy) is 1. The Morgan fingerprint density at radius 2 is 2.27 bits per heavy atom. The van der Waals surface area contributed by atoms with Crippen LogP contribution in [0.1, 0.15) is 0 Å². The molecule has 0 aromatic carbocycles. The third-order valence-electron chi connectivity index (χ3n) is 1.07. The molecule has 1 heterocycles. The van der Waals surface area contributed by atoms with Gasteiger partial charge in [-0.2, -0.15) is 0 Å². The maximum atomic E-state index is 11.5. The zero-order chi connectivity index (χ0) is 8.48. The van der Waals surface area contributed by atoms with Crippen LogP contribution in [0.15, 0.2) is 12.0 Å². The first-order valence-corrected chi connectivity index (χ1v) is 2.89. The molecule has 0 amide bonds. The molecular weight excluding hydrogens is 159 g/mol. The van der Waals surface area contributed by atoms with E-state index in [1.807, 2.05) is 0 Å². The second-order valence-corrected chi connectivity index (χ2v) is 2.13. The lowest BCUT2D eigenvalue weighted by molar-refractivity contribution is -0.304. The van der Waals surface area contributed by atoms with Crippen LogP contribution in [0.2, 0.25) is 0 Å². The molecule has 2 nitrogen and oxygen atoms in total. The second kappa shape index (κ2) is 2.64. The third kappa shape index (κ3) is 2.69. The summed E-state index contributed by atoms with van der Waals surface area (Å²) in [4.78, 5) is 1.54. The summed E-state index contributed by atoms with van der Waals surface area (Å²) < 4.78 is 38.1. The van der Waals surface area contributed by atoms with Crippen LogP contribution in [0.25, 0.3) is 0 Å². The summed E-state index contributed by atoms with van der Waals surface area (Å²) in [5, 5.41) is 0. The highest BCUT2D eigenvalue weighted by Gasteiger charge is 2.33. The maximum absolute atomic E-state index is 11.5. The van der Waals surface area contributed by atoms with E-state index < -0.39 is 6.36 Å². The second-order valence-electron chi connectivity index (χ2n) is 2.13. The summed E-state index contributed by atoms with van der Waals surface area (Å²) in [6.45, 7) is 0.339. The number of rotatable bonds is 1. The molecule has 0 N–H and O–H groups in total. The highest BCUT2D eigenvalue weighted by atomic mass is 19.4. The summed E-state index contributed by atoms with van der Waals surface area (Å²) in [7, 11) is 1.64. The van der Waals surface area contributed by atoms with Crippen LogP contribution in [0.4, 0.5) is 13.2 Å². The predicted octanol–water partition coefficient (Wildman–Crippen LogP) is 1.39. The van der Waals surface area contributed by atoms with Gasteiger partial charge < -0.3 is 9.64 Å². The van der Waals surface area contributed by atoms with Gasteiger partial charge in [0, 0.05) is 19.8 Å². The predicted molar refractivity (Wildman–Crippen MR) is 31.1 cm³/mol. The normalized spacial score (nSPS) is 18.5. The van der Waals surface area contributed by atoms with Gasteiger partial charge in [0.15, 0.2) is 0 Å². The van der Waals surface area contributed by atoms with E-state index in [1.165, 1.54) is 6.20 Å². The van der Waals surface area contributed by atoms with Crippen molar-refractivity contribution in [3.8, 4) is 0 Å². The van der Waals surface area contributed by atoms with Crippen LogP contribution in [-0.2, 0) is 4.74 Å². The third-order valence-corrected chi connectivity index (χ3v) is 1.07. The molecule has 2 radical (unpaired) electrons. The van der Waals surface area contributed by atoms with Gasteiger partial charge in [0.1, 0.15) is 5.76 Å². The van der Waals surface area contributed by atoms with Crippen LogP contribution in [0.5, 0.6) is 0 Å². The Morgan fingerprint density at radius 1 is 1.64 bits per heavy atom. The standard InChI is InChI=1S/C6H6F3NO/c1-10-3-2-5(4-10)11-6(7,8)9/h4H,3H2,1H3. The molecule has 0 bridgehead atoms. The first kappa shape index (κ1) is 8.23. The fourth-order valence-electron chi connectivity index (χ4n) is 0.681. The van der Waals surface area contributed by atoms with E-state index in [1.54, 1.807) is 11.9 Å². The van der Waals surface area contributed by atoms with E-state index in [2.05, 4.69) is 11.2 Å². The molecule has 1 rings (SSSR count). The molecule has 0 saturated carbocycles. The number of nitrogens with zero attached hydrogens (tertiary/aromatic N) is 1. The van der Waals surface area contributed by atoms with Crippen molar-refractivity contribution in [2.24, 2.45) is 0 Å². The van der Waals surface area contributed by atoms with E-state index in [9.17, 15) is 13.2 Å². The van der Waals surface area contributed by atoms with E-state index in [0.29, 0.717) is 6.54 Å². The van der Waals surface area contributed by atoms with Gasteiger partial charge in [0.2, 0.25) is 0 Å². The molecule has 0 aromatic rings. The van der Waals surface area contributed by atoms with Gasteiger partial charge in [-0.15, -0.1) is 13.2 Å². The molecule has 0 spiro atoms. The maximum Gasteiger partial charge on any atom is 0.572 e. The molecule has 11 heavy (non-hydrogen) atoms. The van der Waals surface area contributed by atoms with Crippen molar-refractivity contribution in [1.29, 1.82) is 0 Å². The minimum Gasteiger partial charge on any atom is -0.408 e. The molecule has 5 heteroatoms. The van der Waals surface area contributed by atoms with Crippen molar-refractivity contribution >= 4 is 0 Å². The molecule has 0 atom stereocenters. The Hall–Kier alpha value is -0.870. The van der Waals surface area contributed by atoms with Gasteiger partial charge in [-0.3, -0.25) is 0 Å². The van der Waals surface area contributed by atoms with Gasteiger partial charge in [-0.05, 0) is 0 Å². The lowest BCUT2D eigenvalue weighted by Gasteiger charge is -2.07. The highest BCUT2D eigenvalue weighted by Crippen LogP contribution is 2.24. The van der Waals surface area contributed by atoms with E-state index >= 15 is 0 Å². The van der Waals surface area contributed by atoms with Crippen molar-refractivity contribution in [1.82, 2.24) is 4.90 Å². The van der Waals surface area contributed by atoms with Crippen LogP contribution in [0, 0.1) is 6.42 Å². The topological polar surface area (TPSA) is 12.5 Å². The van der Waals surface area contributed by atoms with Crippen LogP contribution < -0.4 is 0 Å². The van der Waals surface area contributed by atoms with E-state index in [0.717, 1.165) is 0 Å². The Bertz CT molecular complexity index is 175. The Morgan fingerprint density at radius 3 is 2.64 bits per heavy atom. The number of alkyl halides is 3. The van der Waals surface area contributed by atoms with Gasteiger partial charge >= 0.3 is 6.36 Å². The zero-order valence-corrected chi connectivity index (χ0v) is 5.77. The van der Waals surface area contributed by atoms with E-state index in [-0.39, 0.29) is 5.76 Å². The van der Waals surface area contributed by atoms with Crippen molar-refractivity contribution in [2.45, 2.75) is 6.36 Å². The SMILES string of the molecule is CN1C=C(OC(F)(F)F)[C]C1. The van der Waals surface area contributed by atoms with Gasteiger partial charge in [-0.25, -0.2) is 0 Å². The minimum atomic E-state index is -4.61. The fraction of sp³-hybridized carbons (Fsp3) is 0.500. The average Bonchev–Trinajstić information content (AvgIpc) is 2.10. The Kier molecular flexibility index (Phi) is 1.97. The smallest absolute Gasteiger partial charge is 0.408 e. The molecule has 0 aliphatic carbocycles. The lowest BCUT2D eigenvalue weighted by Crippen LogP contribution is -2.12. The average molecular weight is 165 g/mol. The lowest BCUT2D eigenvalue weighted by atomic mass is 10.4. The summed E-state index contributed by atoms with van der Waals surface area (Å²) in [5.74, 6) is -0.264. The van der Waals surface area contributed by atoms with Gasteiger partial charge in [-0.1, -0.05) is 0 Å². The monoisotopic (exact) mass is 165 g/mol. The van der Waals surface area contributed by atoms with Crippen molar-refractivity contribution in [3.63, 3.8) is 0 Å². The Balaban J connectivity index is 2.45. The number of hydrogen-bond donors (Lipinski definition) is 0. The molecule has 0 saturated heterocycles. The van der Waals surface area contributed by atoms with Crippen LogP contribution in [-0.4, -0.2) is 24.9 Å². The fourth-order valence-corrected chi connectivity index (χ4v) is 0.681. The molecular formula is C6H6F3NO. The molecule has 1 aliphatic rings. The van der Waals surface area contributed by atoms with Crippen molar-refractivity contribution in [2.75, 3.05) is 13.6 Å². The molecule has 0 aromatic heterocycles. The van der Waals surface area contributed by atoms with Crippen LogP contribution in [0.3, 0.4) is 0 Å². The summed E-state index contributed by atoms with van der Waals surface area (Å²) in [6.07, 6.45) is -0.956. The van der Waals surface area contributed by atoms with Crippen molar-refractivity contribution < 1.29 is 17.9 Å². The van der Waals surface area contributed by atoms with Crippen molar-refractivity contribution in [3.05, 3.63) is 18.4 Å². The minimum absolute atomic E-state index is 0.264. The molecule has 0 fully saturated rings. The van der Waals surface area contributed by atoms with Gasteiger partial charge in [0.05, 0.1) is 6.42 Å². The van der Waals surface area contributed by atoms with Gasteiger partial charge in [0.25, 0.3) is 0 Å². The highest BCUT2D eigenvalue weighted by molar-refractivity contribution is 5.12. The quantitative estimate of drug-likeness (QED) is 0.582. The molecule has 1 aliphatic heterocycles. The summed E-state index contributed by atoms with van der Waals surface area (Å²) in [6, 6.07) is 0. The number of hydrogen-bond acceptors (Lipinski definition) is 2. The van der Waals surface area contributed by atoms with Crippen LogP contribution >= 0.6 is 0 Å². The zero-order valence-electron chi connectivity index (χ0n) is 5.77. The largest absolute Gasteiger partial charge is 0.572 e. The Labute approximate surface area is 62.2 Å². The summed E-state index contributed by atoms with van der Waals surface area (Å²) >= 11 is 0. The van der Waals surface area contributed by atoms with E-state index in [4.69, 9.17) is 0 Å². The first-order chi connectivity index (χ1) is 4.97. The number of halogens is 3. The molecule has 0 unspecified atom stereocenters. The summed E-state index contributed by atoms with van der Waals surface area (Å²) in [5.41, 5.74) is 0.